The van der Waals surface area contributed by atoms with Gasteiger partial charge in [-0.2, -0.15) is 5.10 Å². The molecule has 1 aliphatic carbocycles. The number of aliphatic hydroxyl groups is 1. The zero-order valence-electron chi connectivity index (χ0n) is 18.2. The van der Waals surface area contributed by atoms with E-state index in [-0.39, 0.29) is 12.1 Å². The van der Waals surface area contributed by atoms with Gasteiger partial charge >= 0.3 is 0 Å². The number of para-hydroxylation sites is 2. The Morgan fingerprint density at radius 1 is 0.875 bits per heavy atom. The maximum atomic E-state index is 11.0. The van der Waals surface area contributed by atoms with Gasteiger partial charge in [-0.1, -0.05) is 36.4 Å². The molecule has 3 heterocycles. The molecule has 0 spiro atoms. The molecule has 4 aromatic rings. The molecule has 0 radical (unpaired) electrons. The smallest absolute Gasteiger partial charge is 0.0961 e. The molecule has 0 amide bonds. The second-order valence-corrected chi connectivity index (χ2v) is 9.43. The number of likely N-dealkylation sites (tertiary alicyclic amines) is 1. The van der Waals surface area contributed by atoms with Gasteiger partial charge < -0.3 is 9.67 Å². The van der Waals surface area contributed by atoms with Crippen molar-refractivity contribution >= 4 is 11.0 Å². The average molecular weight is 428 g/mol. The van der Waals surface area contributed by atoms with E-state index in [1.165, 1.54) is 11.1 Å². The van der Waals surface area contributed by atoms with Crippen LogP contribution in [0.4, 0.5) is 0 Å². The molecule has 164 valence electrons. The monoisotopic (exact) mass is 427 g/mol. The molecule has 2 aromatic carbocycles. The Labute approximate surface area is 188 Å². The molecule has 6 heteroatoms. The van der Waals surface area contributed by atoms with Crippen molar-refractivity contribution in [2.75, 3.05) is 13.1 Å². The average Bonchev–Trinajstić information content (AvgIpc) is 3.54. The van der Waals surface area contributed by atoms with Crippen LogP contribution in [0.3, 0.4) is 0 Å². The molecule has 0 bridgehead atoms. The van der Waals surface area contributed by atoms with Gasteiger partial charge in [0.2, 0.25) is 0 Å². The summed E-state index contributed by atoms with van der Waals surface area (Å²) in [5.41, 5.74) is 4.83. The van der Waals surface area contributed by atoms with Gasteiger partial charge in [0.05, 0.1) is 36.1 Å². The summed E-state index contributed by atoms with van der Waals surface area (Å²) < 4.78 is 4.19. The summed E-state index contributed by atoms with van der Waals surface area (Å²) in [6, 6.07) is 19.0. The number of hydrogen-bond donors (Lipinski definition) is 1. The summed E-state index contributed by atoms with van der Waals surface area (Å²) in [5.74, 6) is 1.18. The minimum absolute atomic E-state index is 0.107. The molecule has 2 aromatic heterocycles. The SMILES string of the molecule is O[C@@H]1C[C@H]2CN(Cc3ccccc3Cn3cccn3)C[C@H]2C[C@H]1n1cnc2ccccc21. The van der Waals surface area contributed by atoms with Gasteiger partial charge in [0.25, 0.3) is 0 Å². The Hall–Kier alpha value is -2.96. The minimum Gasteiger partial charge on any atom is -0.391 e. The maximum absolute atomic E-state index is 11.0. The van der Waals surface area contributed by atoms with Crippen molar-refractivity contribution in [3.8, 4) is 0 Å². The van der Waals surface area contributed by atoms with E-state index >= 15 is 0 Å². The highest BCUT2D eigenvalue weighted by Crippen LogP contribution is 2.42. The van der Waals surface area contributed by atoms with Crippen molar-refractivity contribution in [1.82, 2.24) is 24.2 Å². The summed E-state index contributed by atoms with van der Waals surface area (Å²) in [7, 11) is 0. The molecule has 6 nitrogen and oxygen atoms in total. The van der Waals surface area contributed by atoms with Crippen molar-refractivity contribution in [3.05, 3.63) is 84.4 Å². The van der Waals surface area contributed by atoms with Gasteiger partial charge in [-0.15, -0.1) is 0 Å². The molecule has 32 heavy (non-hydrogen) atoms. The molecule has 1 aliphatic heterocycles. The second kappa shape index (κ2) is 8.19. The first-order valence-electron chi connectivity index (χ1n) is 11.6. The number of aliphatic hydroxyl groups excluding tert-OH is 1. The summed E-state index contributed by atoms with van der Waals surface area (Å²) in [4.78, 5) is 7.14. The molecule has 1 N–H and O–H groups in total. The predicted molar refractivity (Wildman–Crippen MR) is 124 cm³/mol. The van der Waals surface area contributed by atoms with Crippen molar-refractivity contribution in [3.63, 3.8) is 0 Å². The molecular weight excluding hydrogens is 398 g/mol. The molecule has 6 rings (SSSR count). The molecule has 2 fully saturated rings. The molecule has 1 saturated heterocycles. The molecular formula is C26H29N5O. The van der Waals surface area contributed by atoms with Crippen LogP contribution in [0.25, 0.3) is 11.0 Å². The predicted octanol–water partition coefficient (Wildman–Crippen LogP) is 3.73. The van der Waals surface area contributed by atoms with Crippen LogP contribution < -0.4 is 0 Å². The highest BCUT2D eigenvalue weighted by Gasteiger charge is 2.42. The van der Waals surface area contributed by atoms with E-state index in [2.05, 4.69) is 55.9 Å². The van der Waals surface area contributed by atoms with Crippen LogP contribution in [-0.4, -0.2) is 48.5 Å². The minimum atomic E-state index is -0.319. The van der Waals surface area contributed by atoms with E-state index in [0.717, 1.165) is 50.1 Å². The van der Waals surface area contributed by atoms with E-state index in [4.69, 9.17) is 0 Å². The lowest BCUT2D eigenvalue weighted by Crippen LogP contribution is -2.36. The van der Waals surface area contributed by atoms with Crippen LogP contribution in [0.1, 0.15) is 30.0 Å². The van der Waals surface area contributed by atoms with Gasteiger partial charge in [0.1, 0.15) is 0 Å². The highest BCUT2D eigenvalue weighted by atomic mass is 16.3. The first kappa shape index (κ1) is 19.7. The Kier molecular flexibility index (Phi) is 5.04. The summed E-state index contributed by atoms with van der Waals surface area (Å²) in [5, 5.41) is 15.4. The maximum Gasteiger partial charge on any atom is 0.0961 e. The molecule has 2 aliphatic rings. The number of aromatic nitrogens is 4. The molecule has 4 atom stereocenters. The number of benzene rings is 2. The van der Waals surface area contributed by atoms with Gasteiger partial charge in [-0.3, -0.25) is 9.58 Å². The van der Waals surface area contributed by atoms with Crippen LogP contribution in [0.2, 0.25) is 0 Å². The van der Waals surface area contributed by atoms with E-state index in [1.807, 2.05) is 41.6 Å². The third-order valence-electron chi connectivity index (χ3n) is 7.43. The lowest BCUT2D eigenvalue weighted by Gasteiger charge is -2.36. The third kappa shape index (κ3) is 3.63. The van der Waals surface area contributed by atoms with Crippen molar-refractivity contribution in [1.29, 1.82) is 0 Å². The number of rotatable bonds is 5. The van der Waals surface area contributed by atoms with Crippen LogP contribution >= 0.6 is 0 Å². The fraction of sp³-hybridized carbons (Fsp3) is 0.385. The zero-order valence-corrected chi connectivity index (χ0v) is 18.2. The number of hydrogen-bond acceptors (Lipinski definition) is 4. The number of nitrogens with zero attached hydrogens (tertiary/aromatic N) is 5. The Morgan fingerprint density at radius 3 is 2.44 bits per heavy atom. The molecule has 1 saturated carbocycles. The second-order valence-electron chi connectivity index (χ2n) is 9.43. The van der Waals surface area contributed by atoms with Crippen LogP contribution in [-0.2, 0) is 13.1 Å². The lowest BCUT2D eigenvalue weighted by molar-refractivity contribution is 0.0374. The van der Waals surface area contributed by atoms with Gasteiger partial charge in [0.15, 0.2) is 0 Å². The fourth-order valence-electron chi connectivity index (χ4n) is 5.85. The van der Waals surface area contributed by atoms with E-state index in [0.29, 0.717) is 11.8 Å². The Balaban J connectivity index is 1.17. The van der Waals surface area contributed by atoms with Crippen LogP contribution in [0, 0.1) is 11.8 Å². The van der Waals surface area contributed by atoms with Crippen molar-refractivity contribution < 1.29 is 5.11 Å². The standard InChI is InChI=1S/C26H29N5O/c32-26-13-22-16-29(14-19-6-1-2-7-20(19)17-30-11-5-10-28-30)15-21(22)12-25(26)31-18-27-23-8-3-4-9-24(23)31/h1-11,18,21-22,25-26,32H,12-17H2/t21-,22+,25-,26-/m1/s1. The van der Waals surface area contributed by atoms with Gasteiger partial charge in [0, 0.05) is 32.0 Å². The van der Waals surface area contributed by atoms with Crippen molar-refractivity contribution in [2.45, 2.75) is 38.1 Å². The van der Waals surface area contributed by atoms with Crippen LogP contribution in [0.5, 0.6) is 0 Å². The quantitative estimate of drug-likeness (QED) is 0.527. The summed E-state index contributed by atoms with van der Waals surface area (Å²) >= 11 is 0. The summed E-state index contributed by atoms with van der Waals surface area (Å²) in [6.07, 6.45) is 7.32. The van der Waals surface area contributed by atoms with Gasteiger partial charge in [-0.25, -0.2) is 4.98 Å². The number of imidazole rings is 1. The largest absolute Gasteiger partial charge is 0.391 e. The Morgan fingerprint density at radius 2 is 1.62 bits per heavy atom. The topological polar surface area (TPSA) is 59.1 Å². The first-order chi connectivity index (χ1) is 15.7. The zero-order chi connectivity index (χ0) is 21.5. The van der Waals surface area contributed by atoms with Crippen LogP contribution in [0.15, 0.2) is 73.3 Å². The highest BCUT2D eigenvalue weighted by molar-refractivity contribution is 5.75. The van der Waals surface area contributed by atoms with E-state index in [9.17, 15) is 5.11 Å². The normalized spacial score (nSPS) is 25.9. The summed E-state index contributed by atoms with van der Waals surface area (Å²) in [6.45, 7) is 3.92. The van der Waals surface area contributed by atoms with E-state index in [1.54, 1.807) is 0 Å². The molecule has 0 unspecified atom stereocenters. The number of fused-ring (bicyclic) bond motifs is 2. The van der Waals surface area contributed by atoms with Crippen molar-refractivity contribution in [2.24, 2.45) is 11.8 Å². The lowest BCUT2D eigenvalue weighted by atomic mass is 9.77. The van der Waals surface area contributed by atoms with E-state index < -0.39 is 0 Å². The Bertz CT molecular complexity index is 1200. The fourth-order valence-corrected chi connectivity index (χ4v) is 5.85. The first-order valence-corrected chi connectivity index (χ1v) is 11.6. The third-order valence-corrected chi connectivity index (χ3v) is 7.43. The van der Waals surface area contributed by atoms with Gasteiger partial charge in [-0.05, 0) is 54.0 Å².